The van der Waals surface area contributed by atoms with E-state index in [-0.39, 0.29) is 0 Å². The highest BCUT2D eigenvalue weighted by atomic mass is 79.9. The lowest BCUT2D eigenvalue weighted by Crippen LogP contribution is -2.34. The second kappa shape index (κ2) is 4.27. The van der Waals surface area contributed by atoms with Crippen LogP contribution in [0.15, 0.2) is 22.8 Å². The first-order chi connectivity index (χ1) is 8.25. The quantitative estimate of drug-likeness (QED) is 0.907. The largest absolute Gasteiger partial charge is 0.338 e. The van der Waals surface area contributed by atoms with E-state index in [0.717, 1.165) is 35.6 Å². The molecule has 0 bridgehead atoms. The van der Waals surface area contributed by atoms with Gasteiger partial charge in [0.2, 0.25) is 5.95 Å². The van der Waals surface area contributed by atoms with Crippen LogP contribution in [0.1, 0.15) is 6.42 Å². The van der Waals surface area contributed by atoms with Gasteiger partial charge in [0.25, 0.3) is 0 Å². The molecule has 2 aromatic heterocycles. The number of nitrogens with one attached hydrogen (secondary N) is 1. The summed E-state index contributed by atoms with van der Waals surface area (Å²) in [4.78, 5) is 6.71. The van der Waals surface area contributed by atoms with E-state index in [9.17, 15) is 0 Å². The zero-order valence-corrected chi connectivity index (χ0v) is 11.2. The molecule has 0 amide bonds. The van der Waals surface area contributed by atoms with Gasteiger partial charge in [-0.1, -0.05) is 0 Å². The minimum Gasteiger partial charge on any atom is -0.338 e. The third-order valence-corrected chi connectivity index (χ3v) is 3.82. The zero-order chi connectivity index (χ0) is 11.8. The van der Waals surface area contributed by atoms with Crippen LogP contribution in [-0.2, 0) is 0 Å². The zero-order valence-electron chi connectivity index (χ0n) is 9.60. The number of likely N-dealkylation sites (N-methyl/N-ethyl adjacent to an activating group) is 1. The summed E-state index contributed by atoms with van der Waals surface area (Å²) in [6.07, 6.45) is 3.06. The lowest BCUT2D eigenvalue weighted by molar-refractivity contribution is 0.667. The van der Waals surface area contributed by atoms with Crippen LogP contribution in [0.25, 0.3) is 5.65 Å². The van der Waals surface area contributed by atoms with Gasteiger partial charge >= 0.3 is 0 Å². The van der Waals surface area contributed by atoms with Gasteiger partial charge in [0, 0.05) is 25.8 Å². The standard InChI is InChI=1S/C11H14BrN5/c1-16(8-4-5-13-7-8)11-14-10-9(12)3-2-6-17(10)15-11/h2-3,6,8,13H,4-5,7H2,1H3. The lowest BCUT2D eigenvalue weighted by atomic mass is 10.2. The lowest BCUT2D eigenvalue weighted by Gasteiger charge is -2.21. The molecule has 6 heteroatoms. The Balaban J connectivity index is 1.97. The van der Waals surface area contributed by atoms with Crippen LogP contribution in [0.4, 0.5) is 5.95 Å². The van der Waals surface area contributed by atoms with Gasteiger partial charge in [-0.2, -0.15) is 4.98 Å². The topological polar surface area (TPSA) is 45.5 Å². The number of fused-ring (bicyclic) bond motifs is 1. The first-order valence-corrected chi connectivity index (χ1v) is 6.49. The molecule has 0 radical (unpaired) electrons. The van der Waals surface area contributed by atoms with Crippen molar-refractivity contribution in [1.82, 2.24) is 19.9 Å². The Morgan fingerprint density at radius 1 is 1.59 bits per heavy atom. The maximum atomic E-state index is 4.56. The summed E-state index contributed by atoms with van der Waals surface area (Å²) in [5.41, 5.74) is 0.861. The van der Waals surface area contributed by atoms with Crippen molar-refractivity contribution < 1.29 is 0 Å². The van der Waals surface area contributed by atoms with Crippen molar-refractivity contribution in [1.29, 1.82) is 0 Å². The molecule has 1 fully saturated rings. The van der Waals surface area contributed by atoms with Gasteiger partial charge in [-0.05, 0) is 41.0 Å². The molecule has 3 rings (SSSR count). The average molecular weight is 296 g/mol. The minimum atomic E-state index is 0.492. The highest BCUT2D eigenvalue weighted by Crippen LogP contribution is 2.20. The Morgan fingerprint density at radius 2 is 2.47 bits per heavy atom. The molecule has 90 valence electrons. The maximum absolute atomic E-state index is 4.56. The van der Waals surface area contributed by atoms with Crippen molar-refractivity contribution in [2.75, 3.05) is 25.0 Å². The van der Waals surface area contributed by atoms with E-state index in [1.807, 2.05) is 18.3 Å². The van der Waals surface area contributed by atoms with Gasteiger partial charge in [-0.3, -0.25) is 0 Å². The second-order valence-electron chi connectivity index (χ2n) is 4.29. The minimum absolute atomic E-state index is 0.492. The fourth-order valence-electron chi connectivity index (χ4n) is 2.15. The highest BCUT2D eigenvalue weighted by molar-refractivity contribution is 9.10. The molecule has 1 aliphatic rings. The molecule has 5 nitrogen and oxygen atoms in total. The van der Waals surface area contributed by atoms with Gasteiger partial charge in [0.05, 0.1) is 4.47 Å². The first kappa shape index (κ1) is 11.0. The van der Waals surface area contributed by atoms with E-state index in [2.05, 4.69) is 43.3 Å². The number of pyridine rings is 1. The van der Waals surface area contributed by atoms with E-state index in [1.54, 1.807) is 4.52 Å². The Morgan fingerprint density at radius 3 is 3.18 bits per heavy atom. The number of halogens is 1. The Hall–Kier alpha value is -1.14. The predicted molar refractivity (Wildman–Crippen MR) is 70.4 cm³/mol. The van der Waals surface area contributed by atoms with Crippen molar-refractivity contribution in [3.05, 3.63) is 22.8 Å². The monoisotopic (exact) mass is 295 g/mol. The molecule has 0 aliphatic carbocycles. The van der Waals surface area contributed by atoms with Gasteiger partial charge in [0.15, 0.2) is 5.65 Å². The van der Waals surface area contributed by atoms with E-state index < -0.39 is 0 Å². The van der Waals surface area contributed by atoms with Crippen molar-refractivity contribution in [3.8, 4) is 0 Å². The van der Waals surface area contributed by atoms with E-state index >= 15 is 0 Å². The van der Waals surface area contributed by atoms with Gasteiger partial charge in [-0.25, -0.2) is 4.52 Å². The third kappa shape index (κ3) is 1.91. The Kier molecular flexibility index (Phi) is 2.76. The van der Waals surface area contributed by atoms with Crippen molar-refractivity contribution >= 4 is 27.5 Å². The number of anilines is 1. The molecular formula is C11H14BrN5. The Labute approximate surface area is 108 Å². The molecule has 1 N–H and O–H groups in total. The molecule has 1 saturated heterocycles. The number of hydrogen-bond acceptors (Lipinski definition) is 4. The summed E-state index contributed by atoms with van der Waals surface area (Å²) in [6.45, 7) is 2.08. The SMILES string of the molecule is CN(c1nc2c(Br)cccn2n1)C1CCNC1. The van der Waals surface area contributed by atoms with Gasteiger partial charge in [-0.15, -0.1) is 5.10 Å². The van der Waals surface area contributed by atoms with Crippen LogP contribution >= 0.6 is 15.9 Å². The smallest absolute Gasteiger partial charge is 0.245 e. The summed E-state index contributed by atoms with van der Waals surface area (Å²) in [6, 6.07) is 4.42. The molecule has 1 aliphatic heterocycles. The van der Waals surface area contributed by atoms with E-state index in [4.69, 9.17) is 0 Å². The molecule has 1 atom stereocenters. The molecule has 0 aromatic carbocycles. The highest BCUT2D eigenvalue weighted by Gasteiger charge is 2.22. The maximum Gasteiger partial charge on any atom is 0.245 e. The number of rotatable bonds is 2. The third-order valence-electron chi connectivity index (χ3n) is 3.20. The molecule has 0 spiro atoms. The van der Waals surface area contributed by atoms with E-state index in [0.29, 0.717) is 6.04 Å². The summed E-state index contributed by atoms with van der Waals surface area (Å²) in [5.74, 6) is 0.783. The normalized spacial score (nSPS) is 20.0. The predicted octanol–water partition coefficient (Wildman–Crippen LogP) is 1.29. The average Bonchev–Trinajstić information content (AvgIpc) is 2.98. The fraction of sp³-hybridized carbons (Fsp3) is 0.455. The molecule has 2 aromatic rings. The van der Waals surface area contributed by atoms with Crippen LogP contribution in [0.2, 0.25) is 0 Å². The summed E-state index contributed by atoms with van der Waals surface area (Å²) < 4.78 is 2.77. The van der Waals surface area contributed by atoms with Crippen molar-refractivity contribution in [2.45, 2.75) is 12.5 Å². The van der Waals surface area contributed by atoms with Gasteiger partial charge in [0.1, 0.15) is 0 Å². The van der Waals surface area contributed by atoms with Crippen LogP contribution < -0.4 is 10.2 Å². The van der Waals surface area contributed by atoms with Crippen LogP contribution in [0, 0.1) is 0 Å². The second-order valence-corrected chi connectivity index (χ2v) is 5.15. The summed E-state index contributed by atoms with van der Waals surface area (Å²) >= 11 is 3.49. The molecular weight excluding hydrogens is 282 g/mol. The number of aromatic nitrogens is 3. The molecule has 1 unspecified atom stereocenters. The number of hydrogen-bond donors (Lipinski definition) is 1. The van der Waals surface area contributed by atoms with E-state index in [1.165, 1.54) is 0 Å². The molecule has 0 saturated carbocycles. The van der Waals surface area contributed by atoms with Gasteiger partial charge < -0.3 is 10.2 Å². The van der Waals surface area contributed by atoms with Crippen molar-refractivity contribution in [3.63, 3.8) is 0 Å². The molecule has 17 heavy (non-hydrogen) atoms. The Bertz CT molecular complexity index is 532. The summed E-state index contributed by atoms with van der Waals surface area (Å²) in [5, 5.41) is 7.85. The fourth-order valence-corrected chi connectivity index (χ4v) is 2.57. The first-order valence-electron chi connectivity index (χ1n) is 5.70. The summed E-state index contributed by atoms with van der Waals surface area (Å²) in [7, 11) is 2.06. The van der Waals surface area contributed by atoms with Crippen LogP contribution in [0.3, 0.4) is 0 Å². The van der Waals surface area contributed by atoms with Crippen LogP contribution in [-0.4, -0.2) is 40.8 Å². The molecule has 3 heterocycles. The van der Waals surface area contributed by atoms with Crippen molar-refractivity contribution in [2.24, 2.45) is 0 Å². The number of nitrogens with zero attached hydrogens (tertiary/aromatic N) is 4. The van der Waals surface area contributed by atoms with Crippen LogP contribution in [0.5, 0.6) is 0 Å².